The van der Waals surface area contributed by atoms with Crippen molar-refractivity contribution in [3.8, 4) is 11.3 Å². The van der Waals surface area contributed by atoms with E-state index in [0.29, 0.717) is 10.9 Å². The number of anilines is 1. The van der Waals surface area contributed by atoms with Crippen LogP contribution in [-0.4, -0.2) is 34.7 Å². The second-order valence-electron chi connectivity index (χ2n) is 6.06. The molecule has 0 aromatic carbocycles. The summed E-state index contributed by atoms with van der Waals surface area (Å²) in [6, 6.07) is 7.78. The van der Waals surface area contributed by atoms with E-state index in [0.717, 1.165) is 60.7 Å². The molecule has 1 aliphatic heterocycles. The van der Waals surface area contributed by atoms with Crippen LogP contribution in [0.25, 0.3) is 22.3 Å². The molecule has 1 saturated heterocycles. The standard InChI is InChI=1S/C18H19ClN4O/c19-15-1-2-16(22-11-12-5-9-24-10-6-12)23-17(15)13-3-7-20-18-14(13)4-8-21-18/h1-4,7-8,12H,5-6,9-11H2,(H,20,21)(H,22,23). The maximum absolute atomic E-state index is 6.41. The number of aromatic nitrogens is 3. The summed E-state index contributed by atoms with van der Waals surface area (Å²) in [6.07, 6.45) is 5.85. The smallest absolute Gasteiger partial charge is 0.137 e. The summed E-state index contributed by atoms with van der Waals surface area (Å²) < 4.78 is 5.41. The third-order valence-electron chi connectivity index (χ3n) is 4.47. The number of fused-ring (bicyclic) bond motifs is 1. The van der Waals surface area contributed by atoms with Gasteiger partial charge in [0.25, 0.3) is 0 Å². The molecule has 24 heavy (non-hydrogen) atoms. The fourth-order valence-corrected chi connectivity index (χ4v) is 3.30. The molecule has 124 valence electrons. The molecule has 6 heteroatoms. The Hall–Kier alpha value is -2.11. The lowest BCUT2D eigenvalue weighted by Crippen LogP contribution is -2.22. The van der Waals surface area contributed by atoms with Crippen LogP contribution >= 0.6 is 11.6 Å². The fraction of sp³-hybridized carbons (Fsp3) is 0.333. The van der Waals surface area contributed by atoms with Crippen molar-refractivity contribution in [1.82, 2.24) is 15.0 Å². The molecule has 4 heterocycles. The Kier molecular flexibility index (Phi) is 4.36. The van der Waals surface area contributed by atoms with Gasteiger partial charge in [0.2, 0.25) is 0 Å². The summed E-state index contributed by atoms with van der Waals surface area (Å²) in [5, 5.41) is 5.11. The first-order valence-corrected chi connectivity index (χ1v) is 8.59. The Morgan fingerprint density at radius 3 is 2.96 bits per heavy atom. The van der Waals surface area contributed by atoms with Gasteiger partial charge in [-0.15, -0.1) is 0 Å². The summed E-state index contributed by atoms with van der Waals surface area (Å²) in [5.41, 5.74) is 2.60. The lowest BCUT2D eigenvalue weighted by Gasteiger charge is -2.22. The van der Waals surface area contributed by atoms with Gasteiger partial charge in [0.15, 0.2) is 0 Å². The van der Waals surface area contributed by atoms with Crippen LogP contribution in [0.4, 0.5) is 5.82 Å². The molecule has 0 radical (unpaired) electrons. The minimum atomic E-state index is 0.636. The molecule has 5 nitrogen and oxygen atoms in total. The van der Waals surface area contributed by atoms with Crippen LogP contribution < -0.4 is 5.32 Å². The molecular weight excluding hydrogens is 324 g/mol. The molecule has 3 aromatic rings. The number of nitrogens with one attached hydrogen (secondary N) is 2. The molecule has 1 fully saturated rings. The fourth-order valence-electron chi connectivity index (χ4n) is 3.10. The third-order valence-corrected chi connectivity index (χ3v) is 4.78. The quantitative estimate of drug-likeness (QED) is 0.748. The zero-order valence-corrected chi connectivity index (χ0v) is 14.0. The van der Waals surface area contributed by atoms with Crippen molar-refractivity contribution in [3.05, 3.63) is 41.7 Å². The topological polar surface area (TPSA) is 62.8 Å². The van der Waals surface area contributed by atoms with E-state index >= 15 is 0 Å². The maximum Gasteiger partial charge on any atom is 0.137 e. The average Bonchev–Trinajstić information content (AvgIpc) is 3.11. The number of halogens is 1. The van der Waals surface area contributed by atoms with Crippen molar-refractivity contribution in [2.24, 2.45) is 5.92 Å². The minimum absolute atomic E-state index is 0.636. The SMILES string of the molecule is Clc1ccc(NCC2CCOCC2)nc1-c1ccnc2[nH]ccc12. The summed E-state index contributed by atoms with van der Waals surface area (Å²) in [5.74, 6) is 1.48. The third kappa shape index (κ3) is 3.09. The van der Waals surface area contributed by atoms with E-state index in [2.05, 4.69) is 15.3 Å². The number of pyridine rings is 2. The Balaban J connectivity index is 1.60. The molecule has 0 saturated carbocycles. The van der Waals surface area contributed by atoms with E-state index in [1.165, 1.54) is 0 Å². The highest BCUT2D eigenvalue weighted by Crippen LogP contribution is 2.32. The Morgan fingerprint density at radius 2 is 2.08 bits per heavy atom. The predicted octanol–water partition coefficient (Wildman–Crippen LogP) is 4.12. The average molecular weight is 343 g/mol. The van der Waals surface area contributed by atoms with Crippen LogP contribution in [0.2, 0.25) is 5.02 Å². The minimum Gasteiger partial charge on any atom is -0.381 e. The normalized spacial score (nSPS) is 15.7. The highest BCUT2D eigenvalue weighted by Gasteiger charge is 2.15. The van der Waals surface area contributed by atoms with Gasteiger partial charge in [0, 0.05) is 43.1 Å². The molecular formula is C18H19ClN4O. The van der Waals surface area contributed by atoms with Crippen molar-refractivity contribution in [2.45, 2.75) is 12.8 Å². The van der Waals surface area contributed by atoms with Crippen LogP contribution in [0.15, 0.2) is 36.7 Å². The first-order chi connectivity index (χ1) is 11.8. The number of hydrogen-bond acceptors (Lipinski definition) is 4. The van der Waals surface area contributed by atoms with Crippen LogP contribution in [0.1, 0.15) is 12.8 Å². The molecule has 0 atom stereocenters. The van der Waals surface area contributed by atoms with Gasteiger partial charge in [-0.3, -0.25) is 0 Å². The Labute approximate surface area is 145 Å². The van der Waals surface area contributed by atoms with E-state index in [1.807, 2.05) is 30.5 Å². The number of H-pyrrole nitrogens is 1. The summed E-state index contributed by atoms with van der Waals surface area (Å²) in [6.45, 7) is 2.62. The Morgan fingerprint density at radius 1 is 1.21 bits per heavy atom. The molecule has 3 aromatic heterocycles. The van der Waals surface area contributed by atoms with Crippen molar-refractivity contribution < 1.29 is 4.74 Å². The van der Waals surface area contributed by atoms with E-state index in [9.17, 15) is 0 Å². The van der Waals surface area contributed by atoms with Crippen LogP contribution in [0.5, 0.6) is 0 Å². The summed E-state index contributed by atoms with van der Waals surface area (Å²) in [7, 11) is 0. The van der Waals surface area contributed by atoms with E-state index in [4.69, 9.17) is 21.3 Å². The van der Waals surface area contributed by atoms with Gasteiger partial charge < -0.3 is 15.0 Å². The van der Waals surface area contributed by atoms with Gasteiger partial charge in [-0.25, -0.2) is 9.97 Å². The van der Waals surface area contributed by atoms with E-state index < -0.39 is 0 Å². The van der Waals surface area contributed by atoms with Gasteiger partial charge in [-0.2, -0.15) is 0 Å². The molecule has 0 bridgehead atoms. The van der Waals surface area contributed by atoms with Crippen molar-refractivity contribution in [2.75, 3.05) is 25.1 Å². The lowest BCUT2D eigenvalue weighted by atomic mass is 10.0. The monoisotopic (exact) mass is 342 g/mol. The lowest BCUT2D eigenvalue weighted by molar-refractivity contribution is 0.0699. The Bertz CT molecular complexity index is 842. The molecule has 0 unspecified atom stereocenters. The first kappa shape index (κ1) is 15.4. The highest BCUT2D eigenvalue weighted by molar-refractivity contribution is 6.33. The number of hydrogen-bond donors (Lipinski definition) is 2. The number of rotatable bonds is 4. The maximum atomic E-state index is 6.41. The zero-order chi connectivity index (χ0) is 16.4. The van der Waals surface area contributed by atoms with Gasteiger partial charge in [-0.1, -0.05) is 11.6 Å². The number of aromatic amines is 1. The predicted molar refractivity (Wildman–Crippen MR) is 96.4 cm³/mol. The number of nitrogens with zero attached hydrogens (tertiary/aromatic N) is 2. The molecule has 2 N–H and O–H groups in total. The molecule has 4 rings (SSSR count). The van der Waals surface area contributed by atoms with E-state index in [1.54, 1.807) is 6.20 Å². The van der Waals surface area contributed by atoms with E-state index in [-0.39, 0.29) is 0 Å². The van der Waals surface area contributed by atoms with Gasteiger partial charge >= 0.3 is 0 Å². The summed E-state index contributed by atoms with van der Waals surface area (Å²) in [4.78, 5) is 12.2. The van der Waals surface area contributed by atoms with Gasteiger partial charge in [0.1, 0.15) is 11.5 Å². The largest absolute Gasteiger partial charge is 0.381 e. The highest BCUT2D eigenvalue weighted by atomic mass is 35.5. The molecule has 0 aliphatic carbocycles. The molecule has 0 spiro atoms. The van der Waals surface area contributed by atoms with Crippen molar-refractivity contribution in [3.63, 3.8) is 0 Å². The van der Waals surface area contributed by atoms with Crippen LogP contribution in [0.3, 0.4) is 0 Å². The second-order valence-corrected chi connectivity index (χ2v) is 6.47. The van der Waals surface area contributed by atoms with Gasteiger partial charge in [0.05, 0.1) is 10.7 Å². The summed E-state index contributed by atoms with van der Waals surface area (Å²) >= 11 is 6.41. The van der Waals surface area contributed by atoms with Crippen LogP contribution in [0, 0.1) is 5.92 Å². The molecule has 0 amide bonds. The van der Waals surface area contributed by atoms with Gasteiger partial charge in [-0.05, 0) is 43.0 Å². The number of ether oxygens (including phenoxy) is 1. The first-order valence-electron chi connectivity index (χ1n) is 8.22. The van der Waals surface area contributed by atoms with Crippen LogP contribution in [-0.2, 0) is 4.74 Å². The second kappa shape index (κ2) is 6.79. The van der Waals surface area contributed by atoms with Crippen molar-refractivity contribution >= 4 is 28.5 Å². The zero-order valence-electron chi connectivity index (χ0n) is 13.3. The molecule has 1 aliphatic rings. The van der Waals surface area contributed by atoms with Crippen molar-refractivity contribution in [1.29, 1.82) is 0 Å².